The number of amides is 1. The summed E-state index contributed by atoms with van der Waals surface area (Å²) < 4.78 is 5.26. The minimum absolute atomic E-state index is 0.0334. The number of fused-ring (bicyclic) bond motifs is 1. The van der Waals surface area contributed by atoms with E-state index in [-0.39, 0.29) is 17.4 Å². The molecule has 0 unspecified atom stereocenters. The zero-order valence-electron chi connectivity index (χ0n) is 13.9. The predicted octanol–water partition coefficient (Wildman–Crippen LogP) is 2.24. The minimum atomic E-state index is -0.248. The Morgan fingerprint density at radius 3 is 3.00 bits per heavy atom. The average Bonchev–Trinajstić information content (AvgIpc) is 3.08. The molecule has 0 bridgehead atoms. The lowest BCUT2D eigenvalue weighted by Gasteiger charge is -2.30. The summed E-state index contributed by atoms with van der Waals surface area (Å²) in [5.74, 6) is 1.02. The van der Waals surface area contributed by atoms with Crippen LogP contribution >= 0.6 is 0 Å². The third-order valence-electron chi connectivity index (χ3n) is 4.58. The fourth-order valence-corrected chi connectivity index (χ4v) is 3.34. The SMILES string of the molecule is Cc1noc([C@@H]2CCCN(C(=O)c3cc4ccccc4c(=O)[nH]3)C2)n1. The molecule has 0 spiro atoms. The molecule has 1 fully saturated rings. The van der Waals surface area contributed by atoms with E-state index in [0.29, 0.717) is 35.9 Å². The molecular weight excluding hydrogens is 320 g/mol. The van der Waals surface area contributed by atoms with E-state index in [0.717, 1.165) is 18.2 Å². The van der Waals surface area contributed by atoms with E-state index in [1.807, 2.05) is 12.1 Å². The number of likely N-dealkylation sites (tertiary alicyclic amines) is 1. The van der Waals surface area contributed by atoms with Crippen molar-refractivity contribution < 1.29 is 9.32 Å². The molecule has 2 aromatic heterocycles. The van der Waals surface area contributed by atoms with Crippen LogP contribution in [0.4, 0.5) is 0 Å². The summed E-state index contributed by atoms with van der Waals surface area (Å²) in [7, 11) is 0. The maximum absolute atomic E-state index is 12.9. The van der Waals surface area contributed by atoms with Crippen LogP contribution in [0.25, 0.3) is 10.8 Å². The second-order valence-electron chi connectivity index (χ2n) is 6.37. The number of aromatic amines is 1. The molecule has 1 atom stereocenters. The summed E-state index contributed by atoms with van der Waals surface area (Å²) in [6, 6.07) is 8.98. The van der Waals surface area contributed by atoms with Crippen molar-refractivity contribution in [3.63, 3.8) is 0 Å². The Balaban J connectivity index is 1.61. The number of hydrogen-bond acceptors (Lipinski definition) is 5. The summed E-state index contributed by atoms with van der Waals surface area (Å²) >= 11 is 0. The number of hydrogen-bond donors (Lipinski definition) is 1. The van der Waals surface area contributed by atoms with Crippen molar-refractivity contribution >= 4 is 16.7 Å². The molecule has 25 heavy (non-hydrogen) atoms. The zero-order valence-corrected chi connectivity index (χ0v) is 13.9. The maximum atomic E-state index is 12.9. The number of carbonyl (C=O) groups is 1. The van der Waals surface area contributed by atoms with Crippen LogP contribution in [-0.4, -0.2) is 39.0 Å². The number of carbonyl (C=O) groups excluding carboxylic acids is 1. The van der Waals surface area contributed by atoms with Crippen LogP contribution in [0.3, 0.4) is 0 Å². The highest BCUT2D eigenvalue weighted by Gasteiger charge is 2.29. The quantitative estimate of drug-likeness (QED) is 0.773. The molecule has 1 aliphatic rings. The van der Waals surface area contributed by atoms with Gasteiger partial charge in [0.05, 0.1) is 5.92 Å². The summed E-state index contributed by atoms with van der Waals surface area (Å²) in [6.07, 6.45) is 1.76. The number of rotatable bonds is 2. The second-order valence-corrected chi connectivity index (χ2v) is 6.37. The Hall–Kier alpha value is -2.96. The van der Waals surface area contributed by atoms with E-state index in [9.17, 15) is 9.59 Å². The Morgan fingerprint density at radius 1 is 1.36 bits per heavy atom. The van der Waals surface area contributed by atoms with Gasteiger partial charge >= 0.3 is 0 Å². The van der Waals surface area contributed by atoms with Gasteiger partial charge in [0.1, 0.15) is 5.69 Å². The van der Waals surface area contributed by atoms with E-state index in [2.05, 4.69) is 15.1 Å². The van der Waals surface area contributed by atoms with Crippen molar-refractivity contribution in [2.24, 2.45) is 0 Å². The normalized spacial score (nSPS) is 17.8. The summed E-state index contributed by atoms with van der Waals surface area (Å²) in [6.45, 7) is 2.94. The molecule has 1 saturated heterocycles. The van der Waals surface area contributed by atoms with Crippen molar-refractivity contribution in [2.75, 3.05) is 13.1 Å². The minimum Gasteiger partial charge on any atom is -0.339 e. The van der Waals surface area contributed by atoms with Gasteiger partial charge in [-0.2, -0.15) is 4.98 Å². The first-order chi connectivity index (χ1) is 12.1. The van der Waals surface area contributed by atoms with Crippen LogP contribution in [0.15, 0.2) is 39.6 Å². The Morgan fingerprint density at radius 2 is 2.20 bits per heavy atom. The van der Waals surface area contributed by atoms with Gasteiger partial charge in [-0.05, 0) is 37.3 Å². The Labute approximate surface area is 143 Å². The fraction of sp³-hybridized carbons (Fsp3) is 0.333. The van der Waals surface area contributed by atoms with Gasteiger partial charge in [-0.15, -0.1) is 0 Å². The van der Waals surface area contributed by atoms with Crippen molar-refractivity contribution in [3.8, 4) is 0 Å². The molecular formula is C18H18N4O3. The number of benzene rings is 1. The van der Waals surface area contributed by atoms with Gasteiger partial charge in [0, 0.05) is 18.5 Å². The Bertz CT molecular complexity index is 991. The van der Waals surface area contributed by atoms with E-state index >= 15 is 0 Å². The number of piperidine rings is 1. The molecule has 3 heterocycles. The lowest BCUT2D eigenvalue weighted by Crippen LogP contribution is -2.40. The summed E-state index contributed by atoms with van der Waals surface area (Å²) in [5, 5.41) is 5.17. The maximum Gasteiger partial charge on any atom is 0.270 e. The lowest BCUT2D eigenvalue weighted by atomic mass is 9.97. The first-order valence-electron chi connectivity index (χ1n) is 8.33. The lowest BCUT2D eigenvalue weighted by molar-refractivity contribution is 0.0689. The number of aromatic nitrogens is 3. The number of nitrogens with zero attached hydrogens (tertiary/aromatic N) is 3. The highest BCUT2D eigenvalue weighted by molar-refractivity contribution is 5.96. The van der Waals surface area contributed by atoms with Crippen molar-refractivity contribution in [3.05, 3.63) is 58.1 Å². The molecule has 128 valence electrons. The van der Waals surface area contributed by atoms with Crippen molar-refractivity contribution in [1.82, 2.24) is 20.0 Å². The second kappa shape index (κ2) is 6.16. The van der Waals surface area contributed by atoms with Gasteiger partial charge < -0.3 is 14.4 Å². The molecule has 1 amide bonds. The highest BCUT2D eigenvalue weighted by Crippen LogP contribution is 2.26. The van der Waals surface area contributed by atoms with E-state index in [4.69, 9.17) is 4.52 Å². The van der Waals surface area contributed by atoms with Crippen LogP contribution in [0.1, 0.15) is 41.0 Å². The fourth-order valence-electron chi connectivity index (χ4n) is 3.34. The van der Waals surface area contributed by atoms with Gasteiger partial charge in [0.15, 0.2) is 5.82 Å². The molecule has 1 aliphatic heterocycles. The molecule has 0 aliphatic carbocycles. The predicted molar refractivity (Wildman–Crippen MR) is 91.5 cm³/mol. The standard InChI is InChI=1S/C18H18N4O3/c1-11-19-17(25-21-11)13-6-4-8-22(10-13)18(24)15-9-12-5-2-3-7-14(12)16(23)20-15/h2-3,5,7,9,13H,4,6,8,10H2,1H3,(H,20,23)/t13-/m1/s1. The van der Waals surface area contributed by atoms with Gasteiger partial charge in [-0.25, -0.2) is 0 Å². The van der Waals surface area contributed by atoms with Crippen molar-refractivity contribution in [1.29, 1.82) is 0 Å². The first kappa shape index (κ1) is 15.6. The van der Waals surface area contributed by atoms with Gasteiger partial charge in [0.2, 0.25) is 5.89 Å². The zero-order chi connectivity index (χ0) is 17.4. The van der Waals surface area contributed by atoms with Crippen LogP contribution in [0.2, 0.25) is 0 Å². The van der Waals surface area contributed by atoms with Crippen LogP contribution in [0.5, 0.6) is 0 Å². The third-order valence-corrected chi connectivity index (χ3v) is 4.58. The van der Waals surface area contributed by atoms with Crippen LogP contribution in [-0.2, 0) is 0 Å². The van der Waals surface area contributed by atoms with Gasteiger partial charge in [-0.1, -0.05) is 23.4 Å². The molecule has 3 aromatic rings. The molecule has 0 radical (unpaired) electrons. The van der Waals surface area contributed by atoms with Crippen LogP contribution < -0.4 is 5.56 Å². The van der Waals surface area contributed by atoms with Crippen LogP contribution in [0, 0.1) is 6.92 Å². The molecule has 7 heteroatoms. The summed E-state index contributed by atoms with van der Waals surface area (Å²) in [4.78, 5) is 33.8. The highest BCUT2D eigenvalue weighted by atomic mass is 16.5. The number of nitrogens with one attached hydrogen (secondary N) is 1. The number of pyridine rings is 1. The molecule has 0 saturated carbocycles. The number of aryl methyl sites for hydroxylation is 1. The largest absolute Gasteiger partial charge is 0.339 e. The van der Waals surface area contributed by atoms with E-state index < -0.39 is 0 Å². The number of H-pyrrole nitrogens is 1. The molecule has 1 N–H and O–H groups in total. The molecule has 7 nitrogen and oxygen atoms in total. The monoisotopic (exact) mass is 338 g/mol. The third kappa shape index (κ3) is 2.93. The van der Waals surface area contributed by atoms with Crippen molar-refractivity contribution in [2.45, 2.75) is 25.7 Å². The smallest absolute Gasteiger partial charge is 0.270 e. The molecule has 4 rings (SSSR count). The van der Waals surface area contributed by atoms with Gasteiger partial charge in [-0.3, -0.25) is 9.59 Å². The summed E-state index contributed by atoms with van der Waals surface area (Å²) in [5.41, 5.74) is 0.0635. The topological polar surface area (TPSA) is 92.1 Å². The Kier molecular flexibility index (Phi) is 3.83. The molecule has 1 aromatic carbocycles. The van der Waals surface area contributed by atoms with Gasteiger partial charge in [0.25, 0.3) is 11.5 Å². The van der Waals surface area contributed by atoms with E-state index in [1.54, 1.807) is 30.0 Å². The van der Waals surface area contributed by atoms with E-state index in [1.165, 1.54) is 0 Å². The average molecular weight is 338 g/mol. The first-order valence-corrected chi connectivity index (χ1v) is 8.33.